The van der Waals surface area contributed by atoms with Crippen molar-refractivity contribution in [3.8, 4) is 0 Å². The summed E-state index contributed by atoms with van der Waals surface area (Å²) >= 11 is 5.38. The maximum absolute atomic E-state index is 12.8. The van der Waals surface area contributed by atoms with Crippen molar-refractivity contribution in [2.75, 3.05) is 10.8 Å². The minimum Gasteiger partial charge on any atom is -0.279 e. The molecule has 0 N–H and O–H groups in total. The monoisotopic (exact) mass is 368 g/mol. The zero-order valence-electron chi connectivity index (χ0n) is 12.5. The summed E-state index contributed by atoms with van der Waals surface area (Å²) < 4.78 is 26.5. The first-order valence-electron chi connectivity index (χ1n) is 6.74. The zero-order valence-corrected chi connectivity index (χ0v) is 14.1. The van der Waals surface area contributed by atoms with E-state index in [9.17, 15) is 23.3 Å². The van der Waals surface area contributed by atoms with Crippen LogP contribution in [-0.4, -0.2) is 25.1 Å². The second kappa shape index (κ2) is 6.98. The molecule has 7 nitrogen and oxygen atoms in total. The highest BCUT2D eigenvalue weighted by molar-refractivity contribution is 7.92. The number of hydrogen-bond donors (Lipinski definition) is 0. The van der Waals surface area contributed by atoms with Crippen LogP contribution in [0.25, 0.3) is 0 Å². The molecule has 0 unspecified atom stereocenters. The van der Waals surface area contributed by atoms with Crippen LogP contribution in [0.1, 0.15) is 5.56 Å². The fraction of sp³-hybridized carbons (Fsp3) is 0.133. The van der Waals surface area contributed by atoms with Crippen LogP contribution in [0.4, 0.5) is 11.4 Å². The van der Waals surface area contributed by atoms with Gasteiger partial charge in [-0.1, -0.05) is 23.8 Å². The Balaban J connectivity index is 2.55. The maximum atomic E-state index is 12.8. The molecule has 2 aromatic rings. The van der Waals surface area contributed by atoms with Gasteiger partial charge in [0.15, 0.2) is 0 Å². The molecule has 0 atom stereocenters. The number of rotatable bonds is 6. The molecule has 0 heterocycles. The van der Waals surface area contributed by atoms with Crippen molar-refractivity contribution in [1.82, 2.24) is 0 Å². The lowest BCUT2D eigenvalue weighted by molar-refractivity contribution is -0.385. The third-order valence-corrected chi connectivity index (χ3v) is 5.10. The molecule has 0 spiro atoms. The highest BCUT2D eigenvalue weighted by Crippen LogP contribution is 2.26. The van der Waals surface area contributed by atoms with Crippen LogP contribution >= 0.6 is 11.6 Å². The van der Waals surface area contributed by atoms with Gasteiger partial charge in [-0.3, -0.25) is 19.2 Å². The average Bonchev–Trinajstić information content (AvgIpc) is 2.53. The third kappa shape index (κ3) is 3.90. The molecule has 9 heteroatoms. The maximum Gasteiger partial charge on any atom is 0.270 e. The van der Waals surface area contributed by atoms with Gasteiger partial charge in [0.2, 0.25) is 5.24 Å². The number of benzene rings is 2. The highest BCUT2D eigenvalue weighted by Gasteiger charge is 2.28. The van der Waals surface area contributed by atoms with Crippen LogP contribution in [0.5, 0.6) is 0 Å². The number of aryl methyl sites for hydroxylation is 1. The van der Waals surface area contributed by atoms with Gasteiger partial charge in [0.05, 0.1) is 15.5 Å². The molecule has 126 valence electrons. The smallest absolute Gasteiger partial charge is 0.270 e. The van der Waals surface area contributed by atoms with Gasteiger partial charge in [0, 0.05) is 12.1 Å². The molecule has 0 saturated carbocycles. The number of halogens is 1. The van der Waals surface area contributed by atoms with Crippen LogP contribution in [0.15, 0.2) is 53.4 Å². The van der Waals surface area contributed by atoms with E-state index >= 15 is 0 Å². The SMILES string of the molecule is Cc1ccc(N(CC(=O)Cl)S(=O)(=O)c2cccc([N+](=O)[O-])c2)cc1. The number of nitro groups is 1. The van der Waals surface area contributed by atoms with Crippen molar-refractivity contribution in [2.24, 2.45) is 0 Å². The van der Waals surface area contributed by atoms with Gasteiger partial charge in [-0.15, -0.1) is 0 Å². The Morgan fingerprint density at radius 2 is 1.83 bits per heavy atom. The first-order valence-corrected chi connectivity index (χ1v) is 8.56. The van der Waals surface area contributed by atoms with E-state index in [2.05, 4.69) is 0 Å². The Hall–Kier alpha value is -2.45. The van der Waals surface area contributed by atoms with Crippen LogP contribution in [0, 0.1) is 17.0 Å². The number of anilines is 1. The third-order valence-electron chi connectivity index (χ3n) is 3.21. The normalized spacial score (nSPS) is 11.1. The Morgan fingerprint density at radius 3 is 2.38 bits per heavy atom. The summed E-state index contributed by atoms with van der Waals surface area (Å²) in [5, 5.41) is 9.99. The second-order valence-corrected chi connectivity index (χ2v) is 7.24. The summed E-state index contributed by atoms with van der Waals surface area (Å²) in [7, 11) is -4.19. The van der Waals surface area contributed by atoms with Crippen molar-refractivity contribution in [3.05, 3.63) is 64.2 Å². The van der Waals surface area contributed by atoms with E-state index in [4.69, 9.17) is 11.6 Å². The van der Waals surface area contributed by atoms with E-state index in [0.717, 1.165) is 15.9 Å². The zero-order chi connectivity index (χ0) is 17.9. The number of non-ortho nitro benzene ring substituents is 1. The van der Waals surface area contributed by atoms with E-state index in [-0.39, 0.29) is 16.3 Å². The molecule has 2 aromatic carbocycles. The van der Waals surface area contributed by atoms with E-state index in [1.54, 1.807) is 12.1 Å². The lowest BCUT2D eigenvalue weighted by atomic mass is 10.2. The highest BCUT2D eigenvalue weighted by atomic mass is 35.5. The molecular weight excluding hydrogens is 356 g/mol. The van der Waals surface area contributed by atoms with Crippen molar-refractivity contribution >= 4 is 38.2 Å². The number of carbonyl (C=O) groups excluding carboxylic acids is 1. The molecule has 0 radical (unpaired) electrons. The molecule has 0 aromatic heterocycles. The van der Waals surface area contributed by atoms with Gasteiger partial charge in [0.1, 0.15) is 6.54 Å². The molecule has 0 aliphatic rings. The topological polar surface area (TPSA) is 97.6 Å². The minimum atomic E-state index is -4.19. The Bertz CT molecular complexity index is 881. The van der Waals surface area contributed by atoms with Gasteiger partial charge < -0.3 is 0 Å². The van der Waals surface area contributed by atoms with Crippen molar-refractivity contribution in [2.45, 2.75) is 11.8 Å². The first-order chi connectivity index (χ1) is 11.2. The van der Waals surface area contributed by atoms with Crippen molar-refractivity contribution in [3.63, 3.8) is 0 Å². The molecule has 0 amide bonds. The number of nitro benzene ring substituents is 1. The molecule has 0 aliphatic carbocycles. The van der Waals surface area contributed by atoms with Crippen LogP contribution in [-0.2, 0) is 14.8 Å². The second-order valence-electron chi connectivity index (χ2n) is 4.96. The van der Waals surface area contributed by atoms with Gasteiger partial charge in [-0.25, -0.2) is 8.42 Å². The van der Waals surface area contributed by atoms with Crippen LogP contribution in [0.3, 0.4) is 0 Å². The Labute approximate surface area is 143 Å². The fourth-order valence-corrected chi connectivity index (χ4v) is 3.68. The van der Waals surface area contributed by atoms with E-state index in [1.807, 2.05) is 6.92 Å². The first kappa shape index (κ1) is 17.9. The summed E-state index contributed by atoms with van der Waals surface area (Å²) in [5.74, 6) is 0. The van der Waals surface area contributed by atoms with Gasteiger partial charge >= 0.3 is 0 Å². The van der Waals surface area contributed by atoms with Crippen LogP contribution in [0.2, 0.25) is 0 Å². The van der Waals surface area contributed by atoms with Crippen molar-refractivity contribution in [1.29, 1.82) is 0 Å². The average molecular weight is 369 g/mol. The summed E-state index contributed by atoms with van der Waals surface area (Å²) in [6, 6.07) is 11.0. The van der Waals surface area contributed by atoms with Crippen LogP contribution < -0.4 is 4.31 Å². The Morgan fingerprint density at radius 1 is 1.21 bits per heavy atom. The Kier molecular flexibility index (Phi) is 5.20. The quantitative estimate of drug-likeness (QED) is 0.443. The summed E-state index contributed by atoms with van der Waals surface area (Å²) in [6.45, 7) is 1.24. The predicted octanol–water partition coefficient (Wildman–Crippen LogP) is 2.86. The molecule has 2 rings (SSSR count). The lowest BCUT2D eigenvalue weighted by Gasteiger charge is -2.23. The lowest BCUT2D eigenvalue weighted by Crippen LogP contribution is -2.34. The molecule has 24 heavy (non-hydrogen) atoms. The number of hydrogen-bond acceptors (Lipinski definition) is 5. The minimum absolute atomic E-state index is 0.237. The molecule has 0 fully saturated rings. The number of carbonyl (C=O) groups is 1. The summed E-state index contributed by atoms with van der Waals surface area (Å²) in [4.78, 5) is 21.2. The van der Waals surface area contributed by atoms with Crippen molar-refractivity contribution < 1.29 is 18.1 Å². The predicted molar refractivity (Wildman–Crippen MR) is 89.7 cm³/mol. The summed E-state index contributed by atoms with van der Waals surface area (Å²) in [5.41, 5.74) is 0.780. The molecular formula is C15H13ClN2O5S. The van der Waals surface area contributed by atoms with Gasteiger partial charge in [-0.05, 0) is 36.7 Å². The van der Waals surface area contributed by atoms with E-state index in [1.165, 1.54) is 30.3 Å². The largest absolute Gasteiger partial charge is 0.279 e. The van der Waals surface area contributed by atoms with Gasteiger partial charge in [0.25, 0.3) is 15.7 Å². The molecule has 0 saturated heterocycles. The molecule has 0 bridgehead atoms. The summed E-state index contributed by atoms with van der Waals surface area (Å²) in [6.07, 6.45) is 0. The van der Waals surface area contributed by atoms with E-state index < -0.39 is 26.7 Å². The van der Waals surface area contributed by atoms with E-state index in [0.29, 0.717) is 0 Å². The number of sulfonamides is 1. The molecule has 0 aliphatic heterocycles. The standard InChI is InChI=1S/C15H13ClN2O5S/c1-11-5-7-12(8-6-11)17(10-15(16)19)24(22,23)14-4-2-3-13(9-14)18(20)21/h2-9H,10H2,1H3. The van der Waals surface area contributed by atoms with Gasteiger partial charge in [-0.2, -0.15) is 0 Å². The number of nitrogens with zero attached hydrogens (tertiary/aromatic N) is 2. The fourth-order valence-electron chi connectivity index (χ4n) is 2.02.